The maximum atomic E-state index is 13.3. The highest BCUT2D eigenvalue weighted by atomic mass is 35.5. The molecule has 33 heavy (non-hydrogen) atoms. The highest BCUT2D eigenvalue weighted by Crippen LogP contribution is 2.29. The summed E-state index contributed by atoms with van der Waals surface area (Å²) in [5.74, 6) is -0.917. The van der Waals surface area contributed by atoms with Crippen molar-refractivity contribution >= 4 is 40.8 Å². The summed E-state index contributed by atoms with van der Waals surface area (Å²) in [5.41, 5.74) is 1.78. The molecule has 0 unspecified atom stereocenters. The van der Waals surface area contributed by atoms with Gasteiger partial charge in [0.25, 0.3) is 11.8 Å². The molecule has 0 aliphatic carbocycles. The minimum Gasteiger partial charge on any atom is -0.289 e. The fraction of sp³-hybridized carbons (Fsp3) is 0.0417. The molecule has 4 aromatic rings. The fourth-order valence-corrected chi connectivity index (χ4v) is 4.19. The number of aromatic nitrogens is 3. The Labute approximate surface area is 198 Å². The summed E-state index contributed by atoms with van der Waals surface area (Å²) in [7, 11) is 0. The van der Waals surface area contributed by atoms with E-state index in [2.05, 4.69) is 10.2 Å². The van der Waals surface area contributed by atoms with Gasteiger partial charge in [-0.3, -0.25) is 23.9 Å². The molecular weight excluding hydrogens is 463 g/mol. The molecule has 0 saturated heterocycles. The summed E-state index contributed by atoms with van der Waals surface area (Å²) in [5, 5.41) is 8.33. The first-order valence-corrected chi connectivity index (χ1v) is 10.7. The van der Waals surface area contributed by atoms with Gasteiger partial charge in [-0.15, -0.1) is 10.2 Å². The smallest absolute Gasteiger partial charge is 0.261 e. The van der Waals surface area contributed by atoms with Crippen LogP contribution in [0.15, 0.2) is 72.8 Å². The van der Waals surface area contributed by atoms with E-state index in [0.717, 1.165) is 4.90 Å². The van der Waals surface area contributed by atoms with Crippen LogP contribution >= 0.6 is 23.2 Å². The van der Waals surface area contributed by atoms with Crippen molar-refractivity contribution in [1.82, 2.24) is 19.7 Å². The molecule has 2 heterocycles. The van der Waals surface area contributed by atoms with Crippen molar-refractivity contribution in [2.75, 3.05) is 0 Å². The normalized spacial score (nSPS) is 12.8. The highest BCUT2D eigenvalue weighted by molar-refractivity contribution is 6.31. The summed E-state index contributed by atoms with van der Waals surface area (Å²) in [4.78, 5) is 40.0. The summed E-state index contributed by atoms with van der Waals surface area (Å²) in [6.07, 6.45) is 0. The minimum atomic E-state index is -0.432. The first kappa shape index (κ1) is 21.1. The predicted molar refractivity (Wildman–Crippen MR) is 122 cm³/mol. The van der Waals surface area contributed by atoms with Crippen LogP contribution in [0.4, 0.5) is 0 Å². The molecule has 0 saturated carbocycles. The van der Waals surface area contributed by atoms with Gasteiger partial charge in [0.05, 0.1) is 23.4 Å². The Morgan fingerprint density at radius 3 is 2.12 bits per heavy atom. The topological polar surface area (TPSA) is 85.2 Å². The second kappa shape index (κ2) is 8.27. The van der Waals surface area contributed by atoms with E-state index in [0.29, 0.717) is 27.4 Å². The molecule has 1 aliphatic heterocycles. The van der Waals surface area contributed by atoms with Crippen LogP contribution in [0.3, 0.4) is 0 Å². The molecule has 0 spiro atoms. The van der Waals surface area contributed by atoms with Gasteiger partial charge in [-0.1, -0.05) is 54.1 Å². The second-order valence-electron chi connectivity index (χ2n) is 7.32. The molecule has 0 radical (unpaired) electrons. The van der Waals surface area contributed by atoms with Crippen LogP contribution in [0, 0.1) is 0 Å². The number of halogens is 2. The molecule has 3 aromatic carbocycles. The Morgan fingerprint density at radius 1 is 0.818 bits per heavy atom. The first-order valence-electron chi connectivity index (χ1n) is 9.90. The number of hydrogen-bond donors (Lipinski definition) is 0. The zero-order valence-electron chi connectivity index (χ0n) is 16.9. The quantitative estimate of drug-likeness (QED) is 0.310. The van der Waals surface area contributed by atoms with Crippen molar-refractivity contribution in [1.29, 1.82) is 0 Å². The van der Waals surface area contributed by atoms with Gasteiger partial charge < -0.3 is 0 Å². The van der Waals surface area contributed by atoms with Crippen LogP contribution < -0.4 is 0 Å². The number of ketones is 1. The van der Waals surface area contributed by atoms with E-state index in [-0.39, 0.29) is 29.0 Å². The minimum absolute atomic E-state index is 0.0222. The third-order valence-electron chi connectivity index (χ3n) is 5.35. The van der Waals surface area contributed by atoms with Crippen LogP contribution in [-0.4, -0.2) is 37.3 Å². The van der Waals surface area contributed by atoms with Gasteiger partial charge in [0.15, 0.2) is 11.6 Å². The molecule has 162 valence electrons. The third kappa shape index (κ3) is 3.61. The number of fused-ring (bicyclic) bond motifs is 1. The first-order chi connectivity index (χ1) is 16.0. The van der Waals surface area contributed by atoms with Crippen LogP contribution in [0.1, 0.15) is 42.5 Å². The van der Waals surface area contributed by atoms with Gasteiger partial charge >= 0.3 is 0 Å². The van der Waals surface area contributed by atoms with E-state index < -0.39 is 11.8 Å². The fourth-order valence-electron chi connectivity index (χ4n) is 3.79. The molecule has 1 aliphatic rings. The van der Waals surface area contributed by atoms with Gasteiger partial charge in [0, 0.05) is 16.1 Å². The van der Waals surface area contributed by atoms with Crippen molar-refractivity contribution < 1.29 is 14.4 Å². The average molecular weight is 477 g/mol. The lowest BCUT2D eigenvalue weighted by atomic mass is 10.0. The van der Waals surface area contributed by atoms with Gasteiger partial charge in [0.2, 0.25) is 5.28 Å². The number of benzene rings is 3. The van der Waals surface area contributed by atoms with Gasteiger partial charge in [-0.05, 0) is 41.9 Å². The number of carbonyl (C=O) groups is 3. The SMILES string of the molecule is O=C(c1ccccc1)c1cc(Cl)ccc1-n1c(Cl)nnc1CN1C(=O)c2ccccc2C1=O. The molecule has 0 N–H and O–H groups in total. The van der Waals surface area contributed by atoms with Crippen molar-refractivity contribution in [2.45, 2.75) is 6.54 Å². The summed E-state index contributed by atoms with van der Waals surface area (Å²) >= 11 is 12.5. The van der Waals surface area contributed by atoms with Crippen molar-refractivity contribution in [2.24, 2.45) is 0 Å². The Hall–Kier alpha value is -3.81. The molecular formula is C24H14Cl2N4O3. The van der Waals surface area contributed by atoms with Gasteiger partial charge in [-0.25, -0.2) is 0 Å². The van der Waals surface area contributed by atoms with Gasteiger partial charge in [0.1, 0.15) is 0 Å². The van der Waals surface area contributed by atoms with Crippen LogP contribution in [-0.2, 0) is 6.54 Å². The van der Waals surface area contributed by atoms with E-state index in [4.69, 9.17) is 23.2 Å². The van der Waals surface area contributed by atoms with E-state index in [1.54, 1.807) is 60.7 Å². The maximum Gasteiger partial charge on any atom is 0.261 e. The number of imide groups is 1. The standard InChI is InChI=1S/C24H14Cl2N4O3/c25-15-10-11-19(18(12-15)21(31)14-6-2-1-3-7-14)30-20(27-28-24(30)26)13-29-22(32)16-8-4-5-9-17(16)23(29)33/h1-12H,13H2. The van der Waals surface area contributed by atoms with E-state index in [1.165, 1.54) is 10.6 Å². The maximum absolute atomic E-state index is 13.3. The van der Waals surface area contributed by atoms with Crippen LogP contribution in [0.5, 0.6) is 0 Å². The molecule has 0 bridgehead atoms. The van der Waals surface area contributed by atoms with E-state index in [1.807, 2.05) is 6.07 Å². The molecule has 0 fully saturated rings. The Bertz CT molecular complexity index is 1400. The molecule has 5 rings (SSSR count). The second-order valence-corrected chi connectivity index (χ2v) is 8.09. The number of nitrogens with zero attached hydrogens (tertiary/aromatic N) is 4. The Balaban J connectivity index is 1.57. The highest BCUT2D eigenvalue weighted by Gasteiger charge is 2.36. The third-order valence-corrected chi connectivity index (χ3v) is 5.83. The summed E-state index contributed by atoms with van der Waals surface area (Å²) in [6.45, 7) is -0.173. The number of hydrogen-bond acceptors (Lipinski definition) is 5. The number of carbonyl (C=O) groups excluding carboxylic acids is 3. The van der Waals surface area contributed by atoms with E-state index in [9.17, 15) is 14.4 Å². The molecule has 9 heteroatoms. The van der Waals surface area contributed by atoms with Crippen LogP contribution in [0.2, 0.25) is 10.3 Å². The zero-order valence-corrected chi connectivity index (χ0v) is 18.4. The average Bonchev–Trinajstić information content (AvgIpc) is 3.32. The Morgan fingerprint density at radius 2 is 1.45 bits per heavy atom. The molecule has 2 amide bonds. The summed E-state index contributed by atoms with van der Waals surface area (Å²) < 4.78 is 1.44. The molecule has 7 nitrogen and oxygen atoms in total. The van der Waals surface area contributed by atoms with Crippen molar-refractivity contribution in [3.8, 4) is 5.69 Å². The molecule has 1 aromatic heterocycles. The molecule has 0 atom stereocenters. The van der Waals surface area contributed by atoms with E-state index >= 15 is 0 Å². The van der Waals surface area contributed by atoms with Crippen molar-refractivity contribution in [3.05, 3.63) is 111 Å². The monoisotopic (exact) mass is 476 g/mol. The predicted octanol–water partition coefficient (Wildman–Crippen LogP) is 4.60. The van der Waals surface area contributed by atoms with Crippen molar-refractivity contribution in [3.63, 3.8) is 0 Å². The lowest BCUT2D eigenvalue weighted by molar-refractivity contribution is 0.0637. The van der Waals surface area contributed by atoms with Crippen LogP contribution in [0.25, 0.3) is 5.69 Å². The lowest BCUT2D eigenvalue weighted by Gasteiger charge is -2.16. The Kier molecular flexibility index (Phi) is 5.28. The van der Waals surface area contributed by atoms with Gasteiger partial charge in [-0.2, -0.15) is 0 Å². The number of amides is 2. The summed E-state index contributed by atoms with van der Waals surface area (Å²) in [6, 6.07) is 20.1. The lowest BCUT2D eigenvalue weighted by Crippen LogP contribution is -2.30. The number of rotatable bonds is 5. The zero-order chi connectivity index (χ0) is 23.1. The largest absolute Gasteiger partial charge is 0.289 e.